The van der Waals surface area contributed by atoms with Crippen LogP contribution in [0.2, 0.25) is 0 Å². The van der Waals surface area contributed by atoms with E-state index >= 15 is 0 Å². The van der Waals surface area contributed by atoms with Gasteiger partial charge in [-0.25, -0.2) is 0 Å². The number of benzene rings is 1. The summed E-state index contributed by atoms with van der Waals surface area (Å²) in [5, 5.41) is 2.52. The highest BCUT2D eigenvalue weighted by atomic mass is 16.1. The minimum absolute atomic E-state index is 0.198. The van der Waals surface area contributed by atoms with E-state index in [1.54, 1.807) is 12.1 Å². The maximum Gasteiger partial charge on any atom is 0.252 e. The molecule has 0 unspecified atom stereocenters. The molecule has 0 saturated heterocycles. The van der Waals surface area contributed by atoms with Crippen LogP contribution >= 0.6 is 0 Å². The second-order valence-electron chi connectivity index (χ2n) is 2.73. The molecule has 4 heteroatoms. The molecule has 1 amide bonds. The van der Waals surface area contributed by atoms with Gasteiger partial charge in [0.05, 0.1) is 17.9 Å². The van der Waals surface area contributed by atoms with Gasteiger partial charge >= 0.3 is 0 Å². The Balaban J connectivity index is 2.82. The first-order valence-corrected chi connectivity index (χ1v) is 4.02. The molecule has 0 bridgehead atoms. The standard InChI is InChI=1S/C10H11N3O/c1-2-5-13-10(14)7-3-4-8(11)9(12)6-7/h1,3-4,6H,5,11-12H2,(H,13,14). The smallest absolute Gasteiger partial charge is 0.252 e. The summed E-state index contributed by atoms with van der Waals surface area (Å²) in [6.45, 7) is 0.198. The first-order valence-electron chi connectivity index (χ1n) is 4.02. The lowest BCUT2D eigenvalue weighted by atomic mass is 10.1. The summed E-state index contributed by atoms with van der Waals surface area (Å²) in [6, 6.07) is 4.69. The van der Waals surface area contributed by atoms with Crippen molar-refractivity contribution in [3.8, 4) is 12.3 Å². The monoisotopic (exact) mass is 189 g/mol. The minimum atomic E-state index is -0.255. The Morgan fingerprint density at radius 2 is 2.14 bits per heavy atom. The predicted octanol–water partition coefficient (Wildman–Crippen LogP) is 0.214. The van der Waals surface area contributed by atoms with Crippen molar-refractivity contribution in [2.24, 2.45) is 0 Å². The summed E-state index contributed by atoms with van der Waals surface area (Å²) in [5.41, 5.74) is 12.3. The summed E-state index contributed by atoms with van der Waals surface area (Å²) in [7, 11) is 0. The summed E-state index contributed by atoms with van der Waals surface area (Å²) in [5.74, 6) is 2.05. The molecule has 1 aromatic carbocycles. The summed E-state index contributed by atoms with van der Waals surface area (Å²) < 4.78 is 0. The molecule has 0 radical (unpaired) electrons. The van der Waals surface area contributed by atoms with E-state index in [1.165, 1.54) is 6.07 Å². The average molecular weight is 189 g/mol. The van der Waals surface area contributed by atoms with Crippen LogP contribution in [0.5, 0.6) is 0 Å². The van der Waals surface area contributed by atoms with E-state index in [0.29, 0.717) is 16.9 Å². The van der Waals surface area contributed by atoms with Gasteiger partial charge in [-0.3, -0.25) is 4.79 Å². The van der Waals surface area contributed by atoms with Crippen LogP contribution in [0.15, 0.2) is 18.2 Å². The number of carbonyl (C=O) groups is 1. The highest BCUT2D eigenvalue weighted by Crippen LogP contribution is 2.15. The van der Waals surface area contributed by atoms with Crippen molar-refractivity contribution in [1.82, 2.24) is 5.32 Å². The summed E-state index contributed by atoms with van der Waals surface area (Å²) in [4.78, 5) is 11.4. The van der Waals surface area contributed by atoms with Crippen LogP contribution in [0.3, 0.4) is 0 Å². The van der Waals surface area contributed by atoms with Gasteiger partial charge in [-0.15, -0.1) is 6.42 Å². The van der Waals surface area contributed by atoms with Crippen molar-refractivity contribution in [1.29, 1.82) is 0 Å². The number of hydrogen-bond donors (Lipinski definition) is 3. The number of rotatable bonds is 2. The Hall–Kier alpha value is -2.15. The predicted molar refractivity (Wildman–Crippen MR) is 56.4 cm³/mol. The van der Waals surface area contributed by atoms with E-state index in [9.17, 15) is 4.79 Å². The molecular weight excluding hydrogens is 178 g/mol. The molecule has 72 valence electrons. The molecule has 0 aliphatic heterocycles. The van der Waals surface area contributed by atoms with E-state index < -0.39 is 0 Å². The van der Waals surface area contributed by atoms with Crippen molar-refractivity contribution < 1.29 is 4.79 Å². The van der Waals surface area contributed by atoms with Crippen LogP contribution in [-0.4, -0.2) is 12.5 Å². The topological polar surface area (TPSA) is 81.1 Å². The molecule has 5 N–H and O–H groups in total. The highest BCUT2D eigenvalue weighted by molar-refractivity contribution is 5.96. The maximum atomic E-state index is 11.4. The summed E-state index contributed by atoms with van der Waals surface area (Å²) in [6.07, 6.45) is 5.00. The quantitative estimate of drug-likeness (QED) is 0.459. The van der Waals surface area contributed by atoms with Gasteiger partial charge in [-0.05, 0) is 18.2 Å². The van der Waals surface area contributed by atoms with Crippen molar-refractivity contribution in [2.45, 2.75) is 0 Å². The first-order chi connectivity index (χ1) is 6.65. The van der Waals surface area contributed by atoms with Gasteiger partial charge in [0, 0.05) is 5.56 Å². The molecule has 14 heavy (non-hydrogen) atoms. The van der Waals surface area contributed by atoms with E-state index in [0.717, 1.165) is 0 Å². The number of amides is 1. The van der Waals surface area contributed by atoms with E-state index in [2.05, 4.69) is 11.2 Å². The van der Waals surface area contributed by atoms with E-state index in [-0.39, 0.29) is 12.5 Å². The molecule has 0 aliphatic rings. The second kappa shape index (κ2) is 4.19. The molecule has 0 fully saturated rings. The molecule has 1 aromatic rings. The number of nitrogens with two attached hydrogens (primary N) is 2. The van der Waals surface area contributed by atoms with Crippen molar-refractivity contribution in [2.75, 3.05) is 18.0 Å². The minimum Gasteiger partial charge on any atom is -0.397 e. The number of nitrogens with one attached hydrogen (secondary N) is 1. The molecule has 0 aliphatic carbocycles. The fourth-order valence-electron chi connectivity index (χ4n) is 0.949. The van der Waals surface area contributed by atoms with Crippen LogP contribution in [0.1, 0.15) is 10.4 Å². The second-order valence-corrected chi connectivity index (χ2v) is 2.73. The zero-order valence-electron chi connectivity index (χ0n) is 7.58. The average Bonchev–Trinajstić information content (AvgIpc) is 2.18. The zero-order chi connectivity index (χ0) is 10.6. The van der Waals surface area contributed by atoms with Gasteiger partial charge < -0.3 is 16.8 Å². The van der Waals surface area contributed by atoms with Gasteiger partial charge in [0.15, 0.2) is 0 Å². The number of nitrogen functional groups attached to an aromatic ring is 2. The van der Waals surface area contributed by atoms with E-state index in [4.69, 9.17) is 17.9 Å². The Labute approximate surface area is 82.3 Å². The lowest BCUT2D eigenvalue weighted by Gasteiger charge is -2.04. The van der Waals surface area contributed by atoms with Gasteiger partial charge in [0.1, 0.15) is 0 Å². The SMILES string of the molecule is C#CCNC(=O)c1ccc(N)c(N)c1. The molecule has 0 saturated carbocycles. The Morgan fingerprint density at radius 1 is 1.43 bits per heavy atom. The normalized spacial score (nSPS) is 9.07. The number of carbonyl (C=O) groups excluding carboxylic acids is 1. The Kier molecular flexibility index (Phi) is 2.97. The third-order valence-electron chi connectivity index (χ3n) is 1.70. The van der Waals surface area contributed by atoms with Gasteiger partial charge in [0.2, 0.25) is 0 Å². The Bertz CT molecular complexity index is 393. The lowest BCUT2D eigenvalue weighted by molar-refractivity contribution is 0.0959. The first kappa shape index (κ1) is 9.93. The maximum absolute atomic E-state index is 11.4. The number of hydrogen-bond acceptors (Lipinski definition) is 3. The Morgan fingerprint density at radius 3 is 2.71 bits per heavy atom. The van der Waals surface area contributed by atoms with Crippen LogP contribution in [0.25, 0.3) is 0 Å². The third kappa shape index (κ3) is 2.17. The molecule has 1 rings (SSSR count). The van der Waals surface area contributed by atoms with Crippen LogP contribution < -0.4 is 16.8 Å². The number of terminal acetylenes is 1. The largest absolute Gasteiger partial charge is 0.397 e. The van der Waals surface area contributed by atoms with E-state index in [1.807, 2.05) is 0 Å². The lowest BCUT2D eigenvalue weighted by Crippen LogP contribution is -2.23. The highest BCUT2D eigenvalue weighted by Gasteiger charge is 2.05. The molecule has 4 nitrogen and oxygen atoms in total. The van der Waals surface area contributed by atoms with Crippen LogP contribution in [0, 0.1) is 12.3 Å². The molecular formula is C10H11N3O. The van der Waals surface area contributed by atoms with Gasteiger partial charge in [0.25, 0.3) is 5.91 Å². The van der Waals surface area contributed by atoms with Crippen LogP contribution in [0.4, 0.5) is 11.4 Å². The van der Waals surface area contributed by atoms with Crippen molar-refractivity contribution in [3.05, 3.63) is 23.8 Å². The molecule has 0 aromatic heterocycles. The number of anilines is 2. The van der Waals surface area contributed by atoms with Crippen molar-refractivity contribution >= 4 is 17.3 Å². The molecule has 0 spiro atoms. The third-order valence-corrected chi connectivity index (χ3v) is 1.70. The fraction of sp³-hybridized carbons (Fsp3) is 0.100. The zero-order valence-corrected chi connectivity index (χ0v) is 7.58. The summed E-state index contributed by atoms with van der Waals surface area (Å²) >= 11 is 0. The molecule has 0 atom stereocenters. The van der Waals surface area contributed by atoms with Gasteiger partial charge in [-0.2, -0.15) is 0 Å². The van der Waals surface area contributed by atoms with Gasteiger partial charge in [-0.1, -0.05) is 5.92 Å². The van der Waals surface area contributed by atoms with Crippen LogP contribution in [-0.2, 0) is 0 Å². The van der Waals surface area contributed by atoms with Crippen molar-refractivity contribution in [3.63, 3.8) is 0 Å². The fourth-order valence-corrected chi connectivity index (χ4v) is 0.949. The molecule has 0 heterocycles.